The third-order valence-electron chi connectivity index (χ3n) is 13.0. The maximum absolute atomic E-state index is 7.01. The minimum atomic E-state index is 0.0612. The molecule has 0 unspecified atom stereocenters. The molecule has 61 heavy (non-hydrogen) atoms. The van der Waals surface area contributed by atoms with Gasteiger partial charge < -0.3 is 9.64 Å². The summed E-state index contributed by atoms with van der Waals surface area (Å²) in [5.41, 5.74) is 12.1. The van der Waals surface area contributed by atoms with Gasteiger partial charge in [-0.3, -0.25) is 0 Å². The highest BCUT2D eigenvalue weighted by molar-refractivity contribution is 6.97. The molecule has 0 radical (unpaired) electrons. The molecular weight excluding hydrogens is 737 g/mol. The summed E-state index contributed by atoms with van der Waals surface area (Å²) in [7, 11) is 0. The van der Waals surface area contributed by atoms with Gasteiger partial charge in [-0.1, -0.05) is 179 Å². The third-order valence-corrected chi connectivity index (χ3v) is 13.0. The molecule has 0 N–H and O–H groups in total. The van der Waals surface area contributed by atoms with E-state index in [4.69, 9.17) is 4.74 Å². The molecule has 12 rings (SSSR count). The van der Waals surface area contributed by atoms with Crippen LogP contribution in [0.2, 0.25) is 0 Å². The standard InChI is InChI=1S/C58H40BNO/c1-37-14-3-11-23-53(37)59(54-24-12-4-15-38(54)2)55-36-51-49-22-13-25-56-58(49)52(35-50(51)46-20-9-10-21-47(46)55)48-31-30-45(34-57(48)61-56)60(43-28-26-39-16-5-7-18-41(39)32-43)44-29-27-40-17-6-8-19-42(40)33-44/h3-36H,1-2H3. The third kappa shape index (κ3) is 5.73. The number of aryl methyl sites for hydroxylation is 2. The number of hydrogen-bond donors (Lipinski definition) is 0. The summed E-state index contributed by atoms with van der Waals surface area (Å²) in [6, 6.07) is 75.6. The summed E-state index contributed by atoms with van der Waals surface area (Å²) in [5.74, 6) is 1.73. The molecule has 1 heterocycles. The van der Waals surface area contributed by atoms with Crippen LogP contribution < -0.4 is 26.0 Å². The van der Waals surface area contributed by atoms with Crippen LogP contribution in [0.1, 0.15) is 11.1 Å². The minimum absolute atomic E-state index is 0.0612. The smallest absolute Gasteiger partial charge is 0.242 e. The van der Waals surface area contributed by atoms with Crippen LogP contribution in [0.4, 0.5) is 17.1 Å². The number of anilines is 3. The van der Waals surface area contributed by atoms with Crippen LogP contribution in [0, 0.1) is 13.8 Å². The van der Waals surface area contributed by atoms with Crippen LogP contribution in [-0.2, 0) is 0 Å². The van der Waals surface area contributed by atoms with Crippen LogP contribution in [0.15, 0.2) is 206 Å². The van der Waals surface area contributed by atoms with Gasteiger partial charge in [-0.25, -0.2) is 0 Å². The Hall–Kier alpha value is -7.62. The molecule has 0 saturated heterocycles. The van der Waals surface area contributed by atoms with Gasteiger partial charge in [0.15, 0.2) is 0 Å². The van der Waals surface area contributed by atoms with Gasteiger partial charge in [0.05, 0.1) is 0 Å². The summed E-state index contributed by atoms with van der Waals surface area (Å²) in [4.78, 5) is 2.35. The van der Waals surface area contributed by atoms with Crippen molar-refractivity contribution in [2.45, 2.75) is 13.8 Å². The van der Waals surface area contributed by atoms with Crippen molar-refractivity contribution in [2.24, 2.45) is 0 Å². The molecule has 0 aromatic heterocycles. The monoisotopic (exact) mass is 777 g/mol. The van der Waals surface area contributed by atoms with Crippen molar-refractivity contribution in [3.05, 3.63) is 217 Å². The van der Waals surface area contributed by atoms with Crippen LogP contribution in [0.25, 0.3) is 65.0 Å². The van der Waals surface area contributed by atoms with Crippen molar-refractivity contribution in [1.82, 2.24) is 0 Å². The van der Waals surface area contributed by atoms with Gasteiger partial charge in [-0.05, 0) is 116 Å². The first-order chi connectivity index (χ1) is 30.1. The minimum Gasteiger partial charge on any atom is -0.456 e. The predicted octanol–water partition coefficient (Wildman–Crippen LogP) is 13.8. The fourth-order valence-corrected chi connectivity index (χ4v) is 10.1. The normalized spacial score (nSPS) is 11.9. The lowest BCUT2D eigenvalue weighted by Crippen LogP contribution is -2.54. The fraction of sp³-hybridized carbons (Fsp3) is 0.0345. The zero-order valence-corrected chi connectivity index (χ0v) is 34.1. The number of nitrogens with zero attached hydrogens (tertiary/aromatic N) is 1. The first-order valence-electron chi connectivity index (χ1n) is 21.2. The molecule has 0 atom stereocenters. The van der Waals surface area contributed by atoms with Crippen molar-refractivity contribution in [3.63, 3.8) is 0 Å². The first kappa shape index (κ1) is 35.3. The molecule has 11 aromatic rings. The largest absolute Gasteiger partial charge is 0.456 e. The summed E-state index contributed by atoms with van der Waals surface area (Å²) in [6.07, 6.45) is 0. The highest BCUT2D eigenvalue weighted by atomic mass is 16.5. The van der Waals surface area contributed by atoms with E-state index in [1.165, 1.54) is 81.6 Å². The zero-order valence-electron chi connectivity index (χ0n) is 34.1. The predicted molar refractivity (Wildman–Crippen MR) is 261 cm³/mol. The second-order valence-electron chi connectivity index (χ2n) is 16.5. The van der Waals surface area contributed by atoms with Gasteiger partial charge in [0.1, 0.15) is 11.5 Å². The SMILES string of the molecule is Cc1ccccc1B(c1ccccc1C)c1cc2c3cccc4c3c(cc2c2ccccc12)-c1ccc(N(c2ccc3ccccc3c2)c2ccc3ccccc3c2)cc1O4. The average molecular weight is 778 g/mol. The molecule has 1 aliphatic heterocycles. The Morgan fingerprint density at radius 2 is 0.869 bits per heavy atom. The molecule has 0 amide bonds. The van der Waals surface area contributed by atoms with Crippen molar-refractivity contribution < 1.29 is 4.74 Å². The molecule has 3 heteroatoms. The molecule has 11 aromatic carbocycles. The molecule has 0 saturated carbocycles. The Morgan fingerprint density at radius 1 is 0.344 bits per heavy atom. The molecule has 0 fully saturated rings. The van der Waals surface area contributed by atoms with E-state index in [1.54, 1.807) is 0 Å². The molecule has 286 valence electrons. The Bertz CT molecular complexity index is 3450. The van der Waals surface area contributed by atoms with Gasteiger partial charge in [0.2, 0.25) is 6.71 Å². The van der Waals surface area contributed by atoms with Gasteiger partial charge >= 0.3 is 0 Å². The fourth-order valence-electron chi connectivity index (χ4n) is 10.1. The van der Waals surface area contributed by atoms with Crippen molar-refractivity contribution >= 4 is 94.0 Å². The van der Waals surface area contributed by atoms with E-state index in [9.17, 15) is 0 Å². The van der Waals surface area contributed by atoms with E-state index >= 15 is 0 Å². The lowest BCUT2D eigenvalue weighted by Gasteiger charge is -2.29. The number of hydrogen-bond acceptors (Lipinski definition) is 2. The van der Waals surface area contributed by atoms with Crippen molar-refractivity contribution in [2.75, 3.05) is 4.90 Å². The highest BCUT2D eigenvalue weighted by Crippen LogP contribution is 2.51. The Morgan fingerprint density at radius 3 is 1.52 bits per heavy atom. The van der Waals surface area contributed by atoms with Gasteiger partial charge in [0, 0.05) is 34.1 Å². The molecular formula is C58H40BNO. The van der Waals surface area contributed by atoms with E-state index in [0.717, 1.165) is 39.5 Å². The zero-order chi connectivity index (χ0) is 40.6. The number of fused-ring (bicyclic) bond motifs is 8. The molecule has 0 spiro atoms. The molecule has 2 nitrogen and oxygen atoms in total. The summed E-state index contributed by atoms with van der Waals surface area (Å²) < 4.78 is 7.01. The highest BCUT2D eigenvalue weighted by Gasteiger charge is 2.29. The summed E-state index contributed by atoms with van der Waals surface area (Å²) >= 11 is 0. The first-order valence-corrected chi connectivity index (χ1v) is 21.2. The number of rotatable bonds is 6. The lowest BCUT2D eigenvalue weighted by atomic mass is 9.35. The Balaban J connectivity index is 1.07. The van der Waals surface area contributed by atoms with E-state index in [0.29, 0.717) is 0 Å². The Kier molecular flexibility index (Phi) is 8.11. The van der Waals surface area contributed by atoms with Crippen LogP contribution in [0.5, 0.6) is 11.5 Å². The second-order valence-corrected chi connectivity index (χ2v) is 16.5. The quantitative estimate of drug-likeness (QED) is 0.123. The Labute approximate surface area is 356 Å². The summed E-state index contributed by atoms with van der Waals surface area (Å²) in [6.45, 7) is 4.55. The van der Waals surface area contributed by atoms with E-state index in [-0.39, 0.29) is 6.71 Å². The van der Waals surface area contributed by atoms with Crippen LogP contribution in [-0.4, -0.2) is 6.71 Å². The lowest BCUT2D eigenvalue weighted by molar-refractivity contribution is 0.487. The van der Waals surface area contributed by atoms with Gasteiger partial charge in [-0.2, -0.15) is 0 Å². The number of ether oxygens (including phenoxy) is 1. The van der Waals surface area contributed by atoms with Crippen molar-refractivity contribution in [1.29, 1.82) is 0 Å². The summed E-state index contributed by atoms with van der Waals surface area (Å²) in [5, 5.41) is 12.2. The van der Waals surface area contributed by atoms with Gasteiger partial charge in [-0.15, -0.1) is 0 Å². The van der Waals surface area contributed by atoms with E-state index in [1.807, 2.05) is 0 Å². The maximum Gasteiger partial charge on any atom is 0.242 e. The second kappa shape index (κ2) is 14.0. The van der Waals surface area contributed by atoms with Crippen molar-refractivity contribution in [3.8, 4) is 22.6 Å². The van der Waals surface area contributed by atoms with Crippen LogP contribution in [0.3, 0.4) is 0 Å². The van der Waals surface area contributed by atoms with Crippen LogP contribution >= 0.6 is 0 Å². The molecule has 1 aliphatic rings. The van der Waals surface area contributed by atoms with E-state index < -0.39 is 0 Å². The van der Waals surface area contributed by atoms with Gasteiger partial charge in [0.25, 0.3) is 0 Å². The maximum atomic E-state index is 7.01. The average Bonchev–Trinajstić information content (AvgIpc) is 3.30. The molecule has 0 aliphatic carbocycles. The van der Waals surface area contributed by atoms with E-state index in [2.05, 4.69) is 225 Å². The topological polar surface area (TPSA) is 12.5 Å². The molecule has 0 bridgehead atoms. The number of benzene rings is 11.